The molecule has 1 aromatic heterocycles. The number of rotatable bonds is 3. The Morgan fingerprint density at radius 3 is 2.83 bits per heavy atom. The zero-order valence-corrected chi connectivity index (χ0v) is 14.7. The molecule has 0 spiro atoms. The Morgan fingerprint density at radius 1 is 1.25 bits per heavy atom. The highest BCUT2D eigenvalue weighted by molar-refractivity contribution is 6.31. The third kappa shape index (κ3) is 3.67. The molecular weight excluding hydrogens is 324 g/mol. The maximum Gasteiger partial charge on any atom is 0.251 e. The van der Waals surface area contributed by atoms with Gasteiger partial charge >= 0.3 is 0 Å². The van der Waals surface area contributed by atoms with Gasteiger partial charge in [0.25, 0.3) is 5.91 Å². The van der Waals surface area contributed by atoms with Crippen molar-refractivity contribution in [3.8, 4) is 0 Å². The molecule has 1 aromatic carbocycles. The van der Waals surface area contributed by atoms with Crippen molar-refractivity contribution in [2.45, 2.75) is 32.7 Å². The Bertz CT molecular complexity index is 732. The van der Waals surface area contributed by atoms with Crippen LogP contribution in [0, 0.1) is 13.8 Å². The summed E-state index contributed by atoms with van der Waals surface area (Å²) in [5.41, 5.74) is 2.35. The molecule has 0 aliphatic carbocycles. The summed E-state index contributed by atoms with van der Waals surface area (Å²) in [6.07, 6.45) is 1.97. The van der Waals surface area contributed by atoms with E-state index in [1.54, 1.807) is 12.1 Å². The zero-order valence-electron chi connectivity index (χ0n) is 13.9. The van der Waals surface area contributed by atoms with E-state index in [0.717, 1.165) is 43.0 Å². The van der Waals surface area contributed by atoms with Crippen LogP contribution in [0.5, 0.6) is 0 Å². The minimum Gasteiger partial charge on any atom is -0.353 e. The number of anilines is 1. The van der Waals surface area contributed by atoms with E-state index < -0.39 is 0 Å². The predicted octanol–water partition coefficient (Wildman–Crippen LogP) is 3.15. The number of hydrogen-bond donors (Lipinski definition) is 1. The fourth-order valence-electron chi connectivity index (χ4n) is 2.98. The molecule has 2 aromatic rings. The molecule has 1 aliphatic rings. The van der Waals surface area contributed by atoms with Crippen molar-refractivity contribution in [1.29, 1.82) is 0 Å². The molecule has 1 aliphatic heterocycles. The van der Waals surface area contributed by atoms with Gasteiger partial charge in [-0.15, -0.1) is 5.10 Å². The summed E-state index contributed by atoms with van der Waals surface area (Å²) in [6, 6.07) is 9.44. The highest BCUT2D eigenvalue weighted by Gasteiger charge is 2.23. The molecule has 5 nitrogen and oxygen atoms in total. The van der Waals surface area contributed by atoms with Gasteiger partial charge in [-0.2, -0.15) is 5.10 Å². The molecule has 126 valence electrons. The van der Waals surface area contributed by atoms with Crippen molar-refractivity contribution in [2.24, 2.45) is 0 Å². The summed E-state index contributed by atoms with van der Waals surface area (Å²) in [5.74, 6) is 0.787. The molecule has 0 bridgehead atoms. The van der Waals surface area contributed by atoms with Crippen LogP contribution in [0.4, 0.5) is 5.82 Å². The van der Waals surface area contributed by atoms with Gasteiger partial charge in [-0.3, -0.25) is 4.79 Å². The number of carbonyl (C=O) groups excluding carboxylic acids is 1. The monoisotopic (exact) mass is 344 g/mol. The molecule has 1 atom stereocenters. The fourth-order valence-corrected chi connectivity index (χ4v) is 3.15. The van der Waals surface area contributed by atoms with Crippen LogP contribution in [0.1, 0.15) is 34.5 Å². The van der Waals surface area contributed by atoms with Crippen LogP contribution in [0.15, 0.2) is 30.3 Å². The number of carbonyl (C=O) groups is 1. The molecule has 24 heavy (non-hydrogen) atoms. The Kier molecular flexibility index (Phi) is 5.00. The molecule has 6 heteroatoms. The molecule has 1 saturated heterocycles. The average molecular weight is 345 g/mol. The van der Waals surface area contributed by atoms with Gasteiger partial charge in [-0.25, -0.2) is 0 Å². The van der Waals surface area contributed by atoms with Crippen LogP contribution in [0.25, 0.3) is 0 Å². The molecule has 0 radical (unpaired) electrons. The smallest absolute Gasteiger partial charge is 0.251 e. The Morgan fingerprint density at radius 2 is 2.08 bits per heavy atom. The first-order valence-electron chi connectivity index (χ1n) is 8.16. The van der Waals surface area contributed by atoms with Crippen LogP contribution >= 0.6 is 11.6 Å². The second-order valence-electron chi connectivity index (χ2n) is 6.20. The van der Waals surface area contributed by atoms with Crippen molar-refractivity contribution in [2.75, 3.05) is 18.0 Å². The quantitative estimate of drug-likeness (QED) is 0.929. The number of halogens is 1. The second-order valence-corrected chi connectivity index (χ2v) is 6.61. The lowest BCUT2D eigenvalue weighted by molar-refractivity contribution is 0.0932. The largest absolute Gasteiger partial charge is 0.353 e. The molecule has 1 fully saturated rings. The van der Waals surface area contributed by atoms with Gasteiger partial charge in [0.1, 0.15) is 0 Å². The van der Waals surface area contributed by atoms with E-state index in [2.05, 4.69) is 20.4 Å². The van der Waals surface area contributed by atoms with Crippen LogP contribution in [0.3, 0.4) is 0 Å². The maximum absolute atomic E-state index is 12.6. The number of nitrogens with one attached hydrogen (secondary N) is 1. The summed E-state index contributed by atoms with van der Waals surface area (Å²) in [4.78, 5) is 14.7. The number of aromatic nitrogens is 2. The first kappa shape index (κ1) is 16.7. The Balaban J connectivity index is 1.68. The van der Waals surface area contributed by atoms with Gasteiger partial charge in [-0.05, 0) is 56.5 Å². The van der Waals surface area contributed by atoms with Crippen LogP contribution in [-0.2, 0) is 0 Å². The topological polar surface area (TPSA) is 58.1 Å². The average Bonchev–Trinajstić information content (AvgIpc) is 2.58. The molecule has 1 amide bonds. The van der Waals surface area contributed by atoms with Crippen LogP contribution in [-0.4, -0.2) is 35.2 Å². The number of amides is 1. The predicted molar refractivity (Wildman–Crippen MR) is 95.7 cm³/mol. The van der Waals surface area contributed by atoms with E-state index in [1.165, 1.54) is 0 Å². The molecule has 3 rings (SSSR count). The first-order valence-corrected chi connectivity index (χ1v) is 8.53. The standard InChI is InChI=1S/C18H21ClN4O/c1-12-8-9-17(22-21-12)23-10-4-5-14(11-23)20-18(24)15-6-3-7-16(19)13(15)2/h3,6-9,14H,4-5,10-11H2,1-2H3,(H,20,24)/t14-/m1/s1. The van der Waals surface area contributed by atoms with Gasteiger partial charge in [-0.1, -0.05) is 17.7 Å². The van der Waals surface area contributed by atoms with E-state index in [9.17, 15) is 4.79 Å². The summed E-state index contributed by atoms with van der Waals surface area (Å²) < 4.78 is 0. The van der Waals surface area contributed by atoms with Crippen molar-refractivity contribution < 1.29 is 4.79 Å². The SMILES string of the molecule is Cc1ccc(N2CCC[C@@H](NC(=O)c3cccc(Cl)c3C)C2)nn1. The summed E-state index contributed by atoms with van der Waals surface area (Å²) in [7, 11) is 0. The van der Waals surface area contributed by atoms with E-state index >= 15 is 0 Å². The molecule has 0 saturated carbocycles. The summed E-state index contributed by atoms with van der Waals surface area (Å²) in [5, 5.41) is 12.1. The molecule has 2 heterocycles. The van der Waals surface area contributed by atoms with E-state index in [-0.39, 0.29) is 11.9 Å². The van der Waals surface area contributed by atoms with E-state index in [0.29, 0.717) is 10.6 Å². The highest BCUT2D eigenvalue weighted by Crippen LogP contribution is 2.20. The highest BCUT2D eigenvalue weighted by atomic mass is 35.5. The van der Waals surface area contributed by atoms with Crippen molar-refractivity contribution in [1.82, 2.24) is 15.5 Å². The number of piperidine rings is 1. The fraction of sp³-hybridized carbons (Fsp3) is 0.389. The third-order valence-electron chi connectivity index (χ3n) is 4.38. The van der Waals surface area contributed by atoms with E-state index in [4.69, 9.17) is 11.6 Å². The Labute approximate surface area is 147 Å². The van der Waals surface area contributed by atoms with Gasteiger partial charge in [0.2, 0.25) is 0 Å². The summed E-state index contributed by atoms with van der Waals surface area (Å²) in [6.45, 7) is 5.46. The lowest BCUT2D eigenvalue weighted by Crippen LogP contribution is -2.48. The van der Waals surface area contributed by atoms with Gasteiger partial charge in [0.05, 0.1) is 5.69 Å². The number of hydrogen-bond acceptors (Lipinski definition) is 4. The number of aryl methyl sites for hydroxylation is 1. The maximum atomic E-state index is 12.6. The molecule has 0 unspecified atom stereocenters. The van der Waals surface area contributed by atoms with Gasteiger partial charge < -0.3 is 10.2 Å². The minimum atomic E-state index is -0.0724. The minimum absolute atomic E-state index is 0.0724. The van der Waals surface area contributed by atoms with Gasteiger partial charge in [0.15, 0.2) is 5.82 Å². The van der Waals surface area contributed by atoms with Crippen molar-refractivity contribution in [3.05, 3.63) is 52.2 Å². The third-order valence-corrected chi connectivity index (χ3v) is 4.79. The van der Waals surface area contributed by atoms with Crippen LogP contribution < -0.4 is 10.2 Å². The number of nitrogens with zero attached hydrogens (tertiary/aromatic N) is 3. The lowest BCUT2D eigenvalue weighted by atomic mass is 10.0. The molecular formula is C18H21ClN4O. The molecule has 1 N–H and O–H groups in total. The lowest BCUT2D eigenvalue weighted by Gasteiger charge is -2.33. The van der Waals surface area contributed by atoms with Crippen molar-refractivity contribution in [3.63, 3.8) is 0 Å². The number of benzene rings is 1. The summed E-state index contributed by atoms with van der Waals surface area (Å²) >= 11 is 6.11. The van der Waals surface area contributed by atoms with E-state index in [1.807, 2.05) is 32.0 Å². The normalized spacial score (nSPS) is 17.6. The first-order chi connectivity index (χ1) is 11.5. The Hall–Kier alpha value is -2.14. The zero-order chi connectivity index (χ0) is 17.1. The van der Waals surface area contributed by atoms with Crippen molar-refractivity contribution >= 4 is 23.3 Å². The second kappa shape index (κ2) is 7.18. The van der Waals surface area contributed by atoms with Gasteiger partial charge in [0, 0.05) is 29.7 Å². The van der Waals surface area contributed by atoms with Crippen LogP contribution in [0.2, 0.25) is 5.02 Å².